The van der Waals surface area contributed by atoms with Crippen LogP contribution in [0.2, 0.25) is 6.32 Å². The van der Waals surface area contributed by atoms with Gasteiger partial charge in [-0.3, -0.25) is 14.4 Å². The lowest BCUT2D eigenvalue weighted by molar-refractivity contribution is -0.134. The zero-order valence-corrected chi connectivity index (χ0v) is 18.0. The SMILES string of the molecule is CNC(=O)CN(CCNC(=O)OC(C)(C)C)C(=O)CBC(=O)OCc1ccccc1. The van der Waals surface area contributed by atoms with E-state index in [2.05, 4.69) is 10.6 Å². The first-order valence-corrected chi connectivity index (χ1v) is 9.75. The van der Waals surface area contributed by atoms with Crippen molar-refractivity contribution in [2.24, 2.45) is 0 Å². The fourth-order valence-corrected chi connectivity index (χ4v) is 2.33. The Hall–Kier alpha value is -3.04. The fourth-order valence-electron chi connectivity index (χ4n) is 2.33. The fraction of sp³-hybridized carbons (Fsp3) is 0.500. The maximum atomic E-state index is 12.5. The van der Waals surface area contributed by atoms with E-state index >= 15 is 0 Å². The van der Waals surface area contributed by atoms with Gasteiger partial charge in [0.1, 0.15) is 12.2 Å². The molecule has 0 aliphatic heterocycles. The van der Waals surface area contributed by atoms with E-state index < -0.39 is 17.6 Å². The molecular weight excluding hydrogens is 389 g/mol. The van der Waals surface area contributed by atoms with E-state index in [0.29, 0.717) is 0 Å². The number of carbonyl (C=O) groups excluding carboxylic acids is 4. The maximum Gasteiger partial charge on any atom is 0.407 e. The molecular formula is C20H30BN3O6. The zero-order chi connectivity index (χ0) is 22.6. The lowest BCUT2D eigenvalue weighted by Gasteiger charge is -2.23. The van der Waals surface area contributed by atoms with Crippen LogP contribution in [0.1, 0.15) is 26.3 Å². The van der Waals surface area contributed by atoms with Gasteiger partial charge in [-0.1, -0.05) is 30.3 Å². The standard InChI is InChI=1S/C20H30BN3O6/c1-20(2,3)30-19(28)23-10-11-24(13-16(25)22-4)17(26)12-21-18(27)29-14-15-8-6-5-7-9-15/h5-9,21H,10-14H2,1-4H3,(H,22,25)(H,23,28). The topological polar surface area (TPSA) is 114 Å². The zero-order valence-electron chi connectivity index (χ0n) is 18.0. The third-order valence-electron chi connectivity index (χ3n) is 3.80. The van der Waals surface area contributed by atoms with Crippen molar-refractivity contribution < 1.29 is 28.7 Å². The van der Waals surface area contributed by atoms with E-state index in [9.17, 15) is 19.2 Å². The Labute approximate surface area is 177 Å². The molecule has 0 atom stereocenters. The van der Waals surface area contributed by atoms with Gasteiger partial charge in [-0.2, -0.15) is 0 Å². The highest BCUT2D eigenvalue weighted by Gasteiger charge is 2.20. The van der Waals surface area contributed by atoms with Gasteiger partial charge >= 0.3 is 6.09 Å². The first-order chi connectivity index (χ1) is 14.1. The lowest BCUT2D eigenvalue weighted by atomic mass is 9.74. The summed E-state index contributed by atoms with van der Waals surface area (Å²) in [6.45, 7) is 5.39. The number of nitrogens with zero attached hydrogens (tertiary/aromatic N) is 1. The molecule has 0 aromatic heterocycles. The molecule has 0 saturated heterocycles. The van der Waals surface area contributed by atoms with Gasteiger partial charge in [-0.05, 0) is 26.3 Å². The number of likely N-dealkylation sites (N-methyl/N-ethyl adjacent to an activating group) is 1. The van der Waals surface area contributed by atoms with Crippen LogP contribution in [0.4, 0.5) is 9.59 Å². The van der Waals surface area contributed by atoms with Crippen molar-refractivity contribution in [3.05, 3.63) is 35.9 Å². The van der Waals surface area contributed by atoms with Crippen molar-refractivity contribution in [2.45, 2.75) is 39.3 Å². The molecule has 0 fully saturated rings. The quantitative estimate of drug-likeness (QED) is 0.553. The molecule has 0 saturated carbocycles. The van der Waals surface area contributed by atoms with E-state index in [1.807, 2.05) is 30.3 Å². The summed E-state index contributed by atoms with van der Waals surface area (Å²) in [5.41, 5.74) is 0.216. The highest BCUT2D eigenvalue weighted by atomic mass is 16.6. The van der Waals surface area contributed by atoms with E-state index in [-0.39, 0.29) is 51.7 Å². The summed E-state index contributed by atoms with van der Waals surface area (Å²) in [5, 5.41) is 4.99. The Balaban J connectivity index is 2.47. The van der Waals surface area contributed by atoms with Crippen molar-refractivity contribution in [2.75, 3.05) is 26.7 Å². The van der Waals surface area contributed by atoms with Gasteiger partial charge in [0.05, 0.1) is 6.54 Å². The number of ether oxygens (including phenoxy) is 2. The molecule has 1 aromatic carbocycles. The normalized spacial score (nSPS) is 10.5. The monoisotopic (exact) mass is 419 g/mol. The van der Waals surface area contributed by atoms with Crippen LogP contribution >= 0.6 is 0 Å². The number of hydrogen-bond donors (Lipinski definition) is 2. The van der Waals surface area contributed by atoms with Crippen LogP contribution in [0.3, 0.4) is 0 Å². The molecule has 1 aromatic rings. The van der Waals surface area contributed by atoms with Gasteiger partial charge in [0, 0.05) is 26.5 Å². The van der Waals surface area contributed by atoms with E-state index in [4.69, 9.17) is 9.47 Å². The number of nitrogens with one attached hydrogen (secondary N) is 2. The number of rotatable bonds is 10. The molecule has 0 aliphatic carbocycles. The Morgan fingerprint density at radius 2 is 1.77 bits per heavy atom. The second-order valence-corrected chi connectivity index (χ2v) is 7.56. The first-order valence-electron chi connectivity index (χ1n) is 9.75. The van der Waals surface area contributed by atoms with Crippen LogP contribution in [0.15, 0.2) is 30.3 Å². The number of benzene rings is 1. The minimum absolute atomic E-state index is 0.100. The summed E-state index contributed by atoms with van der Waals surface area (Å²) in [5.74, 6) is -1.24. The molecule has 2 N–H and O–H groups in total. The predicted molar refractivity (Wildman–Crippen MR) is 113 cm³/mol. The van der Waals surface area contributed by atoms with Crippen molar-refractivity contribution in [1.82, 2.24) is 15.5 Å². The molecule has 0 spiro atoms. The summed E-state index contributed by atoms with van der Waals surface area (Å²) in [7, 11) is 1.36. The largest absolute Gasteiger partial charge is 0.469 e. The Bertz CT molecular complexity index is 721. The van der Waals surface area contributed by atoms with Crippen LogP contribution < -0.4 is 10.6 Å². The molecule has 10 heteroatoms. The Morgan fingerprint density at radius 3 is 2.37 bits per heavy atom. The van der Waals surface area contributed by atoms with Gasteiger partial charge in [0.25, 0.3) is 7.28 Å². The van der Waals surface area contributed by atoms with E-state index in [1.54, 1.807) is 20.8 Å². The molecule has 0 radical (unpaired) electrons. The molecule has 0 aliphatic rings. The summed E-state index contributed by atoms with van der Waals surface area (Å²) in [6.07, 6.45) is -0.712. The first kappa shape index (κ1) is 25.0. The molecule has 1 rings (SSSR count). The van der Waals surface area contributed by atoms with Crippen molar-refractivity contribution in [3.63, 3.8) is 0 Å². The Kier molecular flexibility index (Phi) is 10.4. The molecule has 30 heavy (non-hydrogen) atoms. The number of hydrogen-bond acceptors (Lipinski definition) is 6. The number of alkyl carbamates (subject to hydrolysis) is 1. The predicted octanol–water partition coefficient (Wildman–Crippen LogP) is 1.28. The maximum absolute atomic E-state index is 12.5. The number of carbonyl (C=O) groups is 4. The van der Waals surface area contributed by atoms with Gasteiger partial charge in [0.2, 0.25) is 17.7 Å². The second-order valence-electron chi connectivity index (χ2n) is 7.56. The molecule has 0 heterocycles. The van der Waals surface area contributed by atoms with Crippen LogP contribution in [0.25, 0.3) is 0 Å². The summed E-state index contributed by atoms with van der Waals surface area (Å²) in [6, 6.07) is 9.22. The molecule has 0 bridgehead atoms. The molecule has 0 unspecified atom stereocenters. The van der Waals surface area contributed by atoms with Gasteiger partial charge < -0.3 is 25.0 Å². The van der Waals surface area contributed by atoms with Crippen LogP contribution in [-0.4, -0.2) is 68.2 Å². The number of amides is 3. The third-order valence-corrected chi connectivity index (χ3v) is 3.80. The highest BCUT2D eigenvalue weighted by Crippen LogP contribution is 2.06. The molecule has 9 nitrogen and oxygen atoms in total. The average Bonchev–Trinajstić information content (AvgIpc) is 2.68. The van der Waals surface area contributed by atoms with Crippen molar-refractivity contribution in [3.8, 4) is 0 Å². The second kappa shape index (κ2) is 12.5. The van der Waals surface area contributed by atoms with Crippen molar-refractivity contribution >= 4 is 31.1 Å². The van der Waals surface area contributed by atoms with Crippen LogP contribution in [0, 0.1) is 0 Å². The minimum Gasteiger partial charge on any atom is -0.469 e. The molecule has 164 valence electrons. The summed E-state index contributed by atoms with van der Waals surface area (Å²) in [4.78, 5) is 49.1. The third kappa shape index (κ3) is 11.1. The van der Waals surface area contributed by atoms with Crippen LogP contribution in [-0.2, 0) is 25.7 Å². The average molecular weight is 419 g/mol. The van der Waals surface area contributed by atoms with E-state index in [0.717, 1.165) is 5.56 Å². The molecule has 3 amide bonds. The smallest absolute Gasteiger partial charge is 0.407 e. The lowest BCUT2D eigenvalue weighted by Crippen LogP contribution is -2.44. The van der Waals surface area contributed by atoms with E-state index in [1.165, 1.54) is 11.9 Å². The Morgan fingerprint density at radius 1 is 1.10 bits per heavy atom. The van der Waals surface area contributed by atoms with Gasteiger partial charge in [-0.15, -0.1) is 0 Å². The summed E-state index contributed by atoms with van der Waals surface area (Å²) >= 11 is 0. The minimum atomic E-state index is -0.637. The van der Waals surface area contributed by atoms with Crippen molar-refractivity contribution in [1.29, 1.82) is 0 Å². The van der Waals surface area contributed by atoms with Crippen LogP contribution in [0.5, 0.6) is 0 Å². The highest BCUT2D eigenvalue weighted by molar-refractivity contribution is 6.74. The summed E-state index contributed by atoms with van der Waals surface area (Å²) < 4.78 is 10.3. The van der Waals surface area contributed by atoms with Gasteiger partial charge in [0.15, 0.2) is 0 Å². The van der Waals surface area contributed by atoms with Gasteiger partial charge in [-0.25, -0.2) is 4.79 Å².